The van der Waals surface area contributed by atoms with Crippen molar-refractivity contribution in [2.75, 3.05) is 13.2 Å². The maximum absolute atomic E-state index is 12.8. The molecule has 0 aromatic rings. The predicted molar refractivity (Wildman–Crippen MR) is 307 cm³/mol. The fourth-order valence-corrected chi connectivity index (χ4v) is 8.68. The Bertz CT molecular complexity index is 1320. The number of rotatable bonds is 55. The molecule has 6 nitrogen and oxygen atoms in total. The number of esters is 3. The standard InChI is InChI=1S/C65H114O6/c1-4-7-10-13-16-19-21-23-25-27-29-31-32-34-35-37-39-41-43-46-49-52-55-58-64(67)70-61-62(60-69-63(66)57-54-51-48-45-18-15-12-9-6-3)71-65(68)59-56-53-50-47-44-42-40-38-36-33-30-28-26-24-22-20-17-14-11-8-5-2/h8,11,17,20,24,26,30,33,38,40,44,47,62H,4-7,9-10,12-16,18-19,21-23,25,27-29,31-32,34-37,39,41-43,45-46,48-61H2,1-3H3/b11-8-,20-17-,26-24-,33-30-,40-38-,47-44-. The first-order valence-electron chi connectivity index (χ1n) is 30.4. The van der Waals surface area contributed by atoms with Gasteiger partial charge in [-0.25, -0.2) is 0 Å². The van der Waals surface area contributed by atoms with Crippen molar-refractivity contribution >= 4 is 17.9 Å². The molecule has 0 spiro atoms. The van der Waals surface area contributed by atoms with Crippen LogP contribution in [0.3, 0.4) is 0 Å². The fourth-order valence-electron chi connectivity index (χ4n) is 8.68. The van der Waals surface area contributed by atoms with Gasteiger partial charge in [0.25, 0.3) is 0 Å². The molecule has 0 saturated carbocycles. The Morgan fingerprint density at radius 2 is 0.549 bits per heavy atom. The summed E-state index contributed by atoms with van der Waals surface area (Å²) in [6.07, 6.45) is 76.3. The zero-order chi connectivity index (χ0) is 51.4. The van der Waals surface area contributed by atoms with Crippen molar-refractivity contribution in [3.63, 3.8) is 0 Å². The minimum Gasteiger partial charge on any atom is -0.462 e. The van der Waals surface area contributed by atoms with Crippen LogP contribution >= 0.6 is 0 Å². The molecule has 0 aliphatic heterocycles. The summed E-state index contributed by atoms with van der Waals surface area (Å²) in [5.74, 6) is -0.924. The molecule has 71 heavy (non-hydrogen) atoms. The molecule has 0 radical (unpaired) electrons. The molecule has 6 heteroatoms. The second-order valence-corrected chi connectivity index (χ2v) is 20.2. The Balaban J connectivity index is 4.28. The van der Waals surface area contributed by atoms with Gasteiger partial charge in [-0.15, -0.1) is 0 Å². The van der Waals surface area contributed by atoms with Crippen LogP contribution < -0.4 is 0 Å². The minimum absolute atomic E-state index is 0.0895. The Kier molecular flexibility index (Phi) is 56.8. The van der Waals surface area contributed by atoms with Crippen LogP contribution in [0.25, 0.3) is 0 Å². The van der Waals surface area contributed by atoms with E-state index >= 15 is 0 Å². The molecular formula is C65H114O6. The van der Waals surface area contributed by atoms with Gasteiger partial charge in [0.05, 0.1) is 0 Å². The molecule has 0 heterocycles. The number of allylic oxidation sites excluding steroid dienone is 12. The molecule has 0 rings (SSSR count). The van der Waals surface area contributed by atoms with Crippen molar-refractivity contribution in [3.8, 4) is 0 Å². The Morgan fingerprint density at radius 3 is 0.859 bits per heavy atom. The van der Waals surface area contributed by atoms with Crippen LogP contribution in [0, 0.1) is 0 Å². The zero-order valence-electron chi connectivity index (χ0n) is 47.0. The van der Waals surface area contributed by atoms with Crippen molar-refractivity contribution in [1.29, 1.82) is 0 Å². The van der Waals surface area contributed by atoms with Gasteiger partial charge in [0.1, 0.15) is 13.2 Å². The summed E-state index contributed by atoms with van der Waals surface area (Å²) in [6, 6.07) is 0. The summed E-state index contributed by atoms with van der Waals surface area (Å²) in [4.78, 5) is 38.1. The molecular weight excluding hydrogens is 877 g/mol. The van der Waals surface area contributed by atoms with Gasteiger partial charge >= 0.3 is 17.9 Å². The minimum atomic E-state index is -0.795. The molecule has 0 N–H and O–H groups in total. The molecule has 0 fully saturated rings. The topological polar surface area (TPSA) is 78.9 Å². The summed E-state index contributed by atoms with van der Waals surface area (Å²) in [6.45, 7) is 6.50. The first-order chi connectivity index (χ1) is 35.0. The van der Waals surface area contributed by atoms with Crippen molar-refractivity contribution in [2.45, 2.75) is 309 Å². The quantitative estimate of drug-likeness (QED) is 0.0261. The highest BCUT2D eigenvalue weighted by Gasteiger charge is 2.19. The lowest BCUT2D eigenvalue weighted by atomic mass is 10.0. The summed E-state index contributed by atoms with van der Waals surface area (Å²) in [5.41, 5.74) is 0. The molecule has 0 aliphatic carbocycles. The number of carbonyl (C=O) groups is 3. The third-order valence-corrected chi connectivity index (χ3v) is 13.2. The van der Waals surface area contributed by atoms with Gasteiger partial charge in [-0.05, 0) is 70.6 Å². The van der Waals surface area contributed by atoms with Gasteiger partial charge < -0.3 is 14.2 Å². The second kappa shape index (κ2) is 59.4. The van der Waals surface area contributed by atoms with Crippen molar-refractivity contribution < 1.29 is 28.6 Å². The third-order valence-electron chi connectivity index (χ3n) is 13.2. The van der Waals surface area contributed by atoms with E-state index in [0.29, 0.717) is 19.3 Å². The monoisotopic (exact) mass is 991 g/mol. The van der Waals surface area contributed by atoms with E-state index in [1.165, 1.54) is 167 Å². The summed E-state index contributed by atoms with van der Waals surface area (Å²) >= 11 is 0. The number of unbranched alkanes of at least 4 members (excludes halogenated alkanes) is 32. The molecule has 0 bridgehead atoms. The lowest BCUT2D eigenvalue weighted by molar-refractivity contribution is -0.167. The molecule has 0 aromatic heterocycles. The number of hydrogen-bond acceptors (Lipinski definition) is 6. The summed E-state index contributed by atoms with van der Waals surface area (Å²) in [7, 11) is 0. The lowest BCUT2D eigenvalue weighted by Crippen LogP contribution is -2.30. The van der Waals surface area contributed by atoms with Crippen LogP contribution in [0.15, 0.2) is 72.9 Å². The molecule has 0 aromatic carbocycles. The van der Waals surface area contributed by atoms with Crippen LogP contribution in [-0.4, -0.2) is 37.2 Å². The van der Waals surface area contributed by atoms with Gasteiger partial charge in [0.15, 0.2) is 6.10 Å². The van der Waals surface area contributed by atoms with Crippen LogP contribution in [0.4, 0.5) is 0 Å². The normalized spacial score (nSPS) is 12.5. The molecule has 0 aliphatic rings. The zero-order valence-corrected chi connectivity index (χ0v) is 47.0. The fraction of sp³-hybridized carbons (Fsp3) is 0.769. The van der Waals surface area contributed by atoms with Crippen molar-refractivity contribution in [1.82, 2.24) is 0 Å². The van der Waals surface area contributed by atoms with E-state index in [0.717, 1.165) is 89.9 Å². The van der Waals surface area contributed by atoms with E-state index in [1.54, 1.807) is 0 Å². The van der Waals surface area contributed by atoms with Gasteiger partial charge in [-0.1, -0.05) is 286 Å². The largest absolute Gasteiger partial charge is 0.462 e. The van der Waals surface area contributed by atoms with E-state index in [2.05, 4.69) is 93.7 Å². The van der Waals surface area contributed by atoms with E-state index in [4.69, 9.17) is 14.2 Å². The first kappa shape index (κ1) is 67.8. The highest BCUT2D eigenvalue weighted by molar-refractivity contribution is 5.71. The lowest BCUT2D eigenvalue weighted by Gasteiger charge is -2.18. The SMILES string of the molecule is CC/C=C\C/C=C\C/C=C\C/C=C\C/C=C\C/C=C\CCCCC(=O)OC(COC(=O)CCCCCCCCCCC)COC(=O)CCCCCCCCCCCCCCCCCCCCCCCCC. The van der Waals surface area contributed by atoms with E-state index in [9.17, 15) is 14.4 Å². The first-order valence-corrected chi connectivity index (χ1v) is 30.4. The van der Waals surface area contributed by atoms with Crippen molar-refractivity contribution in [2.24, 2.45) is 0 Å². The van der Waals surface area contributed by atoms with E-state index in [-0.39, 0.29) is 37.5 Å². The average Bonchev–Trinajstić information content (AvgIpc) is 3.37. The summed E-state index contributed by atoms with van der Waals surface area (Å²) in [5, 5.41) is 0. The van der Waals surface area contributed by atoms with Gasteiger partial charge in [-0.2, -0.15) is 0 Å². The number of hydrogen-bond donors (Lipinski definition) is 0. The second-order valence-electron chi connectivity index (χ2n) is 20.2. The average molecular weight is 992 g/mol. The molecule has 0 amide bonds. The Labute approximate surface area is 440 Å². The Morgan fingerprint density at radius 1 is 0.296 bits per heavy atom. The maximum Gasteiger partial charge on any atom is 0.306 e. The maximum atomic E-state index is 12.8. The highest BCUT2D eigenvalue weighted by Crippen LogP contribution is 2.17. The van der Waals surface area contributed by atoms with Gasteiger partial charge in [0, 0.05) is 19.3 Å². The third kappa shape index (κ3) is 57.6. The van der Waals surface area contributed by atoms with Gasteiger partial charge in [-0.3, -0.25) is 14.4 Å². The van der Waals surface area contributed by atoms with Crippen LogP contribution in [-0.2, 0) is 28.6 Å². The van der Waals surface area contributed by atoms with Crippen LogP contribution in [0.1, 0.15) is 303 Å². The predicted octanol–water partition coefficient (Wildman–Crippen LogP) is 20.5. The van der Waals surface area contributed by atoms with Crippen molar-refractivity contribution in [3.05, 3.63) is 72.9 Å². The van der Waals surface area contributed by atoms with Gasteiger partial charge in [0.2, 0.25) is 0 Å². The van der Waals surface area contributed by atoms with E-state index in [1.807, 2.05) is 0 Å². The smallest absolute Gasteiger partial charge is 0.306 e. The molecule has 1 unspecified atom stereocenters. The molecule has 0 saturated heterocycles. The highest BCUT2D eigenvalue weighted by atomic mass is 16.6. The Hall–Kier alpha value is -3.15. The number of carbonyl (C=O) groups excluding carboxylic acids is 3. The number of ether oxygens (including phenoxy) is 3. The van der Waals surface area contributed by atoms with Crippen LogP contribution in [0.5, 0.6) is 0 Å². The van der Waals surface area contributed by atoms with E-state index < -0.39 is 6.10 Å². The molecule has 1 atom stereocenters. The molecule has 410 valence electrons. The van der Waals surface area contributed by atoms with Crippen LogP contribution in [0.2, 0.25) is 0 Å². The summed E-state index contributed by atoms with van der Waals surface area (Å²) < 4.78 is 16.8.